The van der Waals surface area contributed by atoms with E-state index in [2.05, 4.69) is 19.2 Å². The molecule has 0 saturated carbocycles. The van der Waals surface area contributed by atoms with Gasteiger partial charge < -0.3 is 10.1 Å². The van der Waals surface area contributed by atoms with Crippen LogP contribution in [0.3, 0.4) is 0 Å². The van der Waals surface area contributed by atoms with Crippen LogP contribution in [0, 0.1) is 0 Å². The van der Waals surface area contributed by atoms with E-state index in [1.54, 1.807) is 18.3 Å². The second-order valence-electron chi connectivity index (χ2n) is 7.84. The van der Waals surface area contributed by atoms with Crippen LogP contribution in [-0.4, -0.2) is 29.4 Å². The third kappa shape index (κ3) is 4.67. The van der Waals surface area contributed by atoms with Gasteiger partial charge in [0.1, 0.15) is 12.3 Å². The molecule has 0 aliphatic carbocycles. The van der Waals surface area contributed by atoms with Gasteiger partial charge in [0, 0.05) is 16.6 Å². The Bertz CT molecular complexity index is 1120. The molecule has 4 rings (SSSR count). The Hall–Kier alpha value is -3.19. The van der Waals surface area contributed by atoms with E-state index in [0.29, 0.717) is 17.1 Å². The van der Waals surface area contributed by atoms with Gasteiger partial charge in [-0.05, 0) is 62.1 Å². The lowest BCUT2D eigenvalue weighted by molar-refractivity contribution is -0.127. The molecule has 0 fully saturated rings. The van der Waals surface area contributed by atoms with Crippen molar-refractivity contribution in [3.8, 4) is 17.0 Å². The maximum atomic E-state index is 12.9. The van der Waals surface area contributed by atoms with Crippen molar-refractivity contribution >= 4 is 34.5 Å². The summed E-state index contributed by atoms with van der Waals surface area (Å²) < 4.78 is 5.79. The van der Waals surface area contributed by atoms with E-state index in [9.17, 15) is 9.59 Å². The van der Waals surface area contributed by atoms with Gasteiger partial charge in [0.2, 0.25) is 5.91 Å². The zero-order valence-electron chi connectivity index (χ0n) is 18.6. The summed E-state index contributed by atoms with van der Waals surface area (Å²) in [5.74, 6) is 0.0907. The fourth-order valence-corrected chi connectivity index (χ4v) is 4.58. The summed E-state index contributed by atoms with van der Waals surface area (Å²) in [7, 11) is 0. The van der Waals surface area contributed by atoms with Crippen LogP contribution in [0.5, 0.6) is 5.75 Å². The first-order valence-electron chi connectivity index (χ1n) is 10.9. The lowest BCUT2D eigenvalue weighted by Crippen LogP contribution is -2.47. The molecule has 0 bridgehead atoms. The van der Waals surface area contributed by atoms with Gasteiger partial charge in [-0.15, -0.1) is 11.3 Å². The van der Waals surface area contributed by atoms with Crippen molar-refractivity contribution in [2.24, 2.45) is 0 Å². The largest absolute Gasteiger partial charge is 0.479 e. The molecule has 2 heterocycles. The highest BCUT2D eigenvalue weighted by Crippen LogP contribution is 2.37. The van der Waals surface area contributed by atoms with Gasteiger partial charge in [0.15, 0.2) is 6.10 Å². The lowest BCUT2D eigenvalue weighted by atomic mass is 10.1. The van der Waals surface area contributed by atoms with Gasteiger partial charge >= 0.3 is 0 Å². The van der Waals surface area contributed by atoms with Gasteiger partial charge in [-0.3, -0.25) is 14.5 Å². The highest BCUT2D eigenvalue weighted by atomic mass is 32.1. The summed E-state index contributed by atoms with van der Waals surface area (Å²) in [6.07, 6.45) is 2.27. The lowest BCUT2D eigenvalue weighted by Gasteiger charge is -2.32. The molecular weight excluding hydrogens is 422 g/mol. The van der Waals surface area contributed by atoms with Gasteiger partial charge in [0.25, 0.3) is 5.91 Å². The molecule has 166 valence electrons. The second kappa shape index (κ2) is 9.53. The molecular formula is C25H27N3O3S. The standard InChI is InChI=1S/C25H27N3O3S/c1-4-6-24-27-20(15-32-24)18-9-12-22-21(13-18)28(25(30)16(3)31-22)14-23(29)26-19-10-7-17(5-2)8-11-19/h7-13,15-16H,4-6,14H2,1-3H3,(H,26,29). The summed E-state index contributed by atoms with van der Waals surface area (Å²) in [5, 5.41) is 6.00. The third-order valence-electron chi connectivity index (χ3n) is 5.43. The molecule has 1 aliphatic heterocycles. The van der Waals surface area contributed by atoms with E-state index < -0.39 is 6.10 Å². The average Bonchev–Trinajstić information content (AvgIpc) is 3.26. The minimum absolute atomic E-state index is 0.0866. The minimum Gasteiger partial charge on any atom is -0.479 e. The Morgan fingerprint density at radius 2 is 1.97 bits per heavy atom. The number of rotatable bonds is 7. The molecule has 3 aromatic rings. The number of ether oxygens (including phenoxy) is 1. The molecule has 7 heteroatoms. The predicted octanol–water partition coefficient (Wildman–Crippen LogP) is 5.08. The summed E-state index contributed by atoms with van der Waals surface area (Å²) in [4.78, 5) is 31.9. The van der Waals surface area contributed by atoms with Gasteiger partial charge in [-0.25, -0.2) is 4.98 Å². The van der Waals surface area contributed by atoms with E-state index in [4.69, 9.17) is 9.72 Å². The smallest absolute Gasteiger partial charge is 0.268 e. The maximum absolute atomic E-state index is 12.9. The summed E-state index contributed by atoms with van der Waals surface area (Å²) in [6.45, 7) is 5.83. The number of aromatic nitrogens is 1. The van der Waals surface area contributed by atoms with Crippen LogP contribution in [0.1, 0.15) is 37.8 Å². The quantitative estimate of drug-likeness (QED) is 0.546. The molecule has 1 aromatic heterocycles. The number of carbonyl (C=O) groups excluding carboxylic acids is 2. The summed E-state index contributed by atoms with van der Waals surface area (Å²) in [6, 6.07) is 13.4. The number of fused-ring (bicyclic) bond motifs is 1. The van der Waals surface area contributed by atoms with E-state index in [0.717, 1.165) is 35.5 Å². The Labute approximate surface area is 192 Å². The first-order chi connectivity index (χ1) is 15.5. The molecule has 0 spiro atoms. The summed E-state index contributed by atoms with van der Waals surface area (Å²) >= 11 is 1.64. The molecule has 6 nitrogen and oxygen atoms in total. The first kappa shape index (κ1) is 22.0. The van der Waals surface area contributed by atoms with Crippen LogP contribution in [0.2, 0.25) is 0 Å². The van der Waals surface area contributed by atoms with Crippen molar-refractivity contribution in [3.63, 3.8) is 0 Å². The zero-order valence-corrected chi connectivity index (χ0v) is 19.4. The number of nitrogens with zero attached hydrogens (tertiary/aromatic N) is 2. The number of hydrogen-bond donors (Lipinski definition) is 1. The highest BCUT2D eigenvalue weighted by Gasteiger charge is 2.33. The number of anilines is 2. The first-order valence-corrected chi connectivity index (χ1v) is 11.8. The van der Waals surface area contributed by atoms with E-state index in [1.165, 1.54) is 10.5 Å². The van der Waals surface area contributed by atoms with Crippen LogP contribution in [0.25, 0.3) is 11.3 Å². The molecule has 0 saturated heterocycles. The molecule has 32 heavy (non-hydrogen) atoms. The normalized spacial score (nSPS) is 15.3. The number of amides is 2. The van der Waals surface area contributed by atoms with Crippen molar-refractivity contribution in [1.82, 2.24) is 4.98 Å². The average molecular weight is 450 g/mol. The van der Waals surface area contributed by atoms with E-state index in [-0.39, 0.29) is 18.4 Å². The van der Waals surface area contributed by atoms with E-state index in [1.807, 2.05) is 47.8 Å². The number of benzene rings is 2. The van der Waals surface area contributed by atoms with Gasteiger partial charge in [-0.2, -0.15) is 0 Å². The molecule has 1 aliphatic rings. The number of nitrogens with one attached hydrogen (secondary N) is 1. The van der Waals surface area contributed by atoms with E-state index >= 15 is 0 Å². The maximum Gasteiger partial charge on any atom is 0.268 e. The SMILES string of the molecule is CCCc1nc(-c2ccc3c(c2)N(CC(=O)Nc2ccc(CC)cc2)C(=O)C(C)O3)cs1. The van der Waals surface area contributed by atoms with Crippen LogP contribution in [-0.2, 0) is 22.4 Å². The second-order valence-corrected chi connectivity index (χ2v) is 8.78. The van der Waals surface area contributed by atoms with Crippen LogP contribution >= 0.6 is 11.3 Å². The predicted molar refractivity (Wildman–Crippen MR) is 128 cm³/mol. The van der Waals surface area contributed by atoms with Crippen LogP contribution in [0.15, 0.2) is 47.8 Å². The van der Waals surface area contributed by atoms with Crippen molar-refractivity contribution in [2.75, 3.05) is 16.8 Å². The summed E-state index contributed by atoms with van der Waals surface area (Å²) in [5.41, 5.74) is 4.26. The van der Waals surface area contributed by atoms with Crippen LogP contribution < -0.4 is 15.0 Å². The number of carbonyl (C=O) groups is 2. The molecule has 1 unspecified atom stereocenters. The van der Waals surface area contributed by atoms with Crippen molar-refractivity contribution < 1.29 is 14.3 Å². The Balaban J connectivity index is 1.57. The fourth-order valence-electron chi connectivity index (χ4n) is 3.67. The van der Waals surface area contributed by atoms with Gasteiger partial charge in [0.05, 0.1) is 16.4 Å². The number of hydrogen-bond acceptors (Lipinski definition) is 5. The molecule has 2 aromatic carbocycles. The Kier molecular flexibility index (Phi) is 6.55. The molecule has 1 N–H and O–H groups in total. The van der Waals surface area contributed by atoms with Crippen molar-refractivity contribution in [1.29, 1.82) is 0 Å². The number of aryl methyl sites for hydroxylation is 2. The Morgan fingerprint density at radius 3 is 2.69 bits per heavy atom. The molecule has 2 amide bonds. The Morgan fingerprint density at radius 1 is 1.19 bits per heavy atom. The zero-order chi connectivity index (χ0) is 22.7. The highest BCUT2D eigenvalue weighted by molar-refractivity contribution is 7.09. The topological polar surface area (TPSA) is 71.5 Å². The van der Waals surface area contributed by atoms with Crippen LogP contribution in [0.4, 0.5) is 11.4 Å². The monoisotopic (exact) mass is 449 g/mol. The van der Waals surface area contributed by atoms with Gasteiger partial charge in [-0.1, -0.05) is 26.0 Å². The minimum atomic E-state index is -0.652. The van der Waals surface area contributed by atoms with Crippen molar-refractivity contribution in [2.45, 2.75) is 46.1 Å². The third-order valence-corrected chi connectivity index (χ3v) is 6.33. The molecule has 0 radical (unpaired) electrons. The number of thiazole rings is 1. The molecule has 1 atom stereocenters. The van der Waals surface area contributed by atoms with Crippen molar-refractivity contribution in [3.05, 3.63) is 58.4 Å². The fraction of sp³-hybridized carbons (Fsp3) is 0.320.